The van der Waals surface area contributed by atoms with Gasteiger partial charge in [0.1, 0.15) is 18.9 Å². The molecule has 0 spiro atoms. The van der Waals surface area contributed by atoms with Crippen LogP contribution in [0.2, 0.25) is 0 Å². The zero-order valence-electron chi connectivity index (χ0n) is 9.25. The number of anilines is 2. The first-order valence-corrected chi connectivity index (χ1v) is 5.74. The highest BCUT2D eigenvalue weighted by molar-refractivity contribution is 7.13. The first kappa shape index (κ1) is 13.2. The van der Waals surface area contributed by atoms with Gasteiger partial charge in [-0.1, -0.05) is 0 Å². The molecule has 0 unspecified atom stereocenters. The molecule has 0 saturated carbocycles. The highest BCUT2D eigenvalue weighted by atomic mass is 32.1. The summed E-state index contributed by atoms with van der Waals surface area (Å²) in [6, 6.07) is 0. The van der Waals surface area contributed by atoms with Crippen LogP contribution in [0.1, 0.15) is 6.92 Å². The Morgan fingerprint density at radius 1 is 1.59 bits per heavy atom. The van der Waals surface area contributed by atoms with Crippen LogP contribution in [0, 0.1) is 0 Å². The minimum atomic E-state index is -1.05. The van der Waals surface area contributed by atoms with Crippen molar-refractivity contribution in [2.75, 3.05) is 30.3 Å². The van der Waals surface area contributed by atoms with Crippen LogP contribution in [0.25, 0.3) is 0 Å². The molecule has 17 heavy (non-hydrogen) atoms. The number of carbonyl (C=O) groups is 2. The fraction of sp³-hybridized carbons (Fsp3) is 0.444. The van der Waals surface area contributed by atoms with E-state index in [0.717, 1.165) is 0 Å². The third-order valence-corrected chi connectivity index (χ3v) is 2.45. The molecule has 94 valence electrons. The molecule has 1 rings (SSSR count). The zero-order valence-corrected chi connectivity index (χ0v) is 10.1. The average molecular weight is 259 g/mol. The predicted octanol–water partition coefficient (Wildman–Crippen LogP) is 0.179. The van der Waals surface area contributed by atoms with Crippen LogP contribution in [0.3, 0.4) is 0 Å². The van der Waals surface area contributed by atoms with E-state index in [1.807, 2.05) is 0 Å². The number of nitrogens with zero attached hydrogens (tertiary/aromatic N) is 2. The number of hydrogen-bond acceptors (Lipinski definition) is 7. The molecule has 0 radical (unpaired) electrons. The fourth-order valence-corrected chi connectivity index (χ4v) is 1.74. The van der Waals surface area contributed by atoms with E-state index >= 15 is 0 Å². The van der Waals surface area contributed by atoms with Crippen LogP contribution in [-0.2, 0) is 14.3 Å². The number of aromatic nitrogens is 1. The van der Waals surface area contributed by atoms with Crippen LogP contribution in [0.5, 0.6) is 0 Å². The third-order valence-electron chi connectivity index (χ3n) is 1.79. The molecule has 0 bridgehead atoms. The fourth-order valence-electron chi connectivity index (χ4n) is 1.17. The number of carbonyl (C=O) groups excluding carboxylic acids is 1. The van der Waals surface area contributed by atoms with Crippen LogP contribution in [0.4, 0.5) is 10.9 Å². The van der Waals surface area contributed by atoms with E-state index in [-0.39, 0.29) is 19.7 Å². The van der Waals surface area contributed by atoms with E-state index in [1.54, 1.807) is 12.3 Å². The topological polar surface area (TPSA) is 106 Å². The predicted molar refractivity (Wildman–Crippen MR) is 63.0 cm³/mol. The van der Waals surface area contributed by atoms with Gasteiger partial charge in [-0.2, -0.15) is 0 Å². The number of thiazole rings is 1. The summed E-state index contributed by atoms with van der Waals surface area (Å²) in [6.07, 6.45) is 0. The number of ether oxygens (including phenoxy) is 1. The Balaban J connectivity index is 2.73. The molecule has 3 N–H and O–H groups in total. The monoisotopic (exact) mass is 259 g/mol. The van der Waals surface area contributed by atoms with Gasteiger partial charge >= 0.3 is 11.9 Å². The van der Waals surface area contributed by atoms with Gasteiger partial charge in [0.15, 0.2) is 5.13 Å². The van der Waals surface area contributed by atoms with Gasteiger partial charge in [-0.3, -0.25) is 9.59 Å². The van der Waals surface area contributed by atoms with Crippen LogP contribution in [-0.4, -0.2) is 41.7 Å². The second-order valence-electron chi connectivity index (χ2n) is 3.10. The van der Waals surface area contributed by atoms with Crippen molar-refractivity contribution in [2.24, 2.45) is 0 Å². The van der Waals surface area contributed by atoms with Crippen molar-refractivity contribution in [1.29, 1.82) is 0 Å². The maximum absolute atomic E-state index is 11.3. The number of carboxylic acid groups (broad SMARTS) is 1. The molecule has 0 aliphatic rings. The number of esters is 1. The van der Waals surface area contributed by atoms with Crippen molar-refractivity contribution in [3.8, 4) is 0 Å². The maximum atomic E-state index is 11.3. The van der Waals surface area contributed by atoms with Crippen molar-refractivity contribution in [2.45, 2.75) is 6.92 Å². The second-order valence-corrected chi connectivity index (χ2v) is 3.99. The summed E-state index contributed by atoms with van der Waals surface area (Å²) in [7, 11) is 0. The van der Waals surface area contributed by atoms with E-state index < -0.39 is 11.9 Å². The molecule has 1 aromatic rings. The first-order chi connectivity index (χ1) is 8.02. The van der Waals surface area contributed by atoms with Crippen molar-refractivity contribution >= 4 is 34.2 Å². The molecule has 0 aromatic carbocycles. The summed E-state index contributed by atoms with van der Waals surface area (Å²) < 4.78 is 4.75. The Morgan fingerprint density at radius 3 is 2.76 bits per heavy atom. The number of nitrogens with two attached hydrogens (primary N) is 1. The normalized spacial score (nSPS) is 9.94. The minimum absolute atomic E-state index is 0.163. The summed E-state index contributed by atoms with van der Waals surface area (Å²) in [5.74, 6) is -1.19. The van der Waals surface area contributed by atoms with Crippen molar-refractivity contribution in [3.05, 3.63) is 5.38 Å². The average Bonchev–Trinajstić information content (AvgIpc) is 2.63. The summed E-state index contributed by atoms with van der Waals surface area (Å²) >= 11 is 1.18. The quantitative estimate of drug-likeness (QED) is 0.702. The SMILES string of the molecule is CCOC(=O)CN(CC(=O)O)c1csc(N)n1. The molecular weight excluding hydrogens is 246 g/mol. The summed E-state index contributed by atoms with van der Waals surface area (Å²) in [6.45, 7) is 1.44. The van der Waals surface area contributed by atoms with E-state index in [2.05, 4.69) is 4.98 Å². The summed E-state index contributed by atoms with van der Waals surface area (Å²) in [5.41, 5.74) is 5.45. The Labute approximate surface area is 102 Å². The van der Waals surface area contributed by atoms with Gasteiger partial charge in [-0.05, 0) is 6.92 Å². The lowest BCUT2D eigenvalue weighted by Gasteiger charge is -2.18. The van der Waals surface area contributed by atoms with Gasteiger partial charge in [0.2, 0.25) is 0 Å². The molecule has 8 heteroatoms. The van der Waals surface area contributed by atoms with Crippen molar-refractivity contribution in [3.63, 3.8) is 0 Å². The van der Waals surface area contributed by atoms with Gasteiger partial charge in [0.25, 0.3) is 0 Å². The number of rotatable bonds is 6. The van der Waals surface area contributed by atoms with E-state index in [4.69, 9.17) is 15.6 Å². The van der Waals surface area contributed by atoms with E-state index in [9.17, 15) is 9.59 Å². The molecule has 1 aromatic heterocycles. The zero-order chi connectivity index (χ0) is 12.8. The number of hydrogen-bond donors (Lipinski definition) is 2. The number of aliphatic carboxylic acids is 1. The minimum Gasteiger partial charge on any atom is -0.480 e. The van der Waals surface area contributed by atoms with Gasteiger partial charge < -0.3 is 20.5 Å². The lowest BCUT2D eigenvalue weighted by molar-refractivity contribution is -0.141. The smallest absolute Gasteiger partial charge is 0.325 e. The lowest BCUT2D eigenvalue weighted by Crippen LogP contribution is -2.35. The van der Waals surface area contributed by atoms with Gasteiger partial charge in [-0.15, -0.1) is 11.3 Å². The Morgan fingerprint density at radius 2 is 2.29 bits per heavy atom. The summed E-state index contributed by atoms with van der Waals surface area (Å²) in [4.78, 5) is 27.2. The molecule has 0 atom stereocenters. The molecule has 0 fully saturated rings. The highest BCUT2D eigenvalue weighted by Crippen LogP contribution is 2.19. The lowest BCUT2D eigenvalue weighted by atomic mass is 10.4. The van der Waals surface area contributed by atoms with Crippen LogP contribution >= 0.6 is 11.3 Å². The Bertz CT molecular complexity index is 407. The number of carboxylic acids is 1. The van der Waals surface area contributed by atoms with Gasteiger partial charge in [0, 0.05) is 5.38 Å². The largest absolute Gasteiger partial charge is 0.480 e. The highest BCUT2D eigenvalue weighted by Gasteiger charge is 2.17. The molecular formula is C9H13N3O4S. The van der Waals surface area contributed by atoms with Gasteiger partial charge in [0.05, 0.1) is 6.61 Å². The number of nitrogen functional groups attached to an aromatic ring is 1. The Hall–Kier alpha value is -1.83. The van der Waals surface area contributed by atoms with Crippen molar-refractivity contribution < 1.29 is 19.4 Å². The maximum Gasteiger partial charge on any atom is 0.325 e. The second kappa shape index (κ2) is 6.04. The van der Waals surface area contributed by atoms with Gasteiger partial charge in [-0.25, -0.2) is 4.98 Å². The molecule has 0 amide bonds. The first-order valence-electron chi connectivity index (χ1n) is 4.86. The molecule has 7 nitrogen and oxygen atoms in total. The molecule has 1 heterocycles. The van der Waals surface area contributed by atoms with Crippen molar-refractivity contribution in [1.82, 2.24) is 4.98 Å². The van der Waals surface area contributed by atoms with E-state index in [0.29, 0.717) is 10.9 Å². The molecule has 0 aliphatic carbocycles. The van der Waals surface area contributed by atoms with Crippen LogP contribution in [0.15, 0.2) is 5.38 Å². The van der Waals surface area contributed by atoms with E-state index in [1.165, 1.54) is 16.2 Å². The molecule has 0 saturated heterocycles. The third kappa shape index (κ3) is 4.27. The standard InChI is InChI=1S/C9H13N3O4S/c1-2-16-8(15)4-12(3-7(13)14)6-5-17-9(10)11-6/h5H,2-4H2,1H3,(H2,10,11)(H,13,14). The summed E-state index contributed by atoms with van der Waals surface area (Å²) in [5, 5.41) is 10.7. The molecule has 0 aliphatic heterocycles. The van der Waals surface area contributed by atoms with Crippen LogP contribution < -0.4 is 10.6 Å². The Kier molecular flexibility index (Phi) is 4.70.